The van der Waals surface area contributed by atoms with Crippen LogP contribution in [-0.2, 0) is 11.3 Å². The van der Waals surface area contributed by atoms with Gasteiger partial charge in [-0.25, -0.2) is 0 Å². The van der Waals surface area contributed by atoms with Crippen molar-refractivity contribution in [2.45, 2.75) is 6.54 Å². The predicted octanol–water partition coefficient (Wildman–Crippen LogP) is 1.17. The molecule has 4 nitrogen and oxygen atoms in total. The van der Waals surface area contributed by atoms with Gasteiger partial charge in [0.1, 0.15) is 0 Å². The Morgan fingerprint density at radius 3 is 2.88 bits per heavy atom. The fourth-order valence-corrected chi connectivity index (χ4v) is 2.03. The van der Waals surface area contributed by atoms with Crippen molar-refractivity contribution in [1.82, 2.24) is 4.90 Å². The van der Waals surface area contributed by atoms with Crippen LogP contribution in [0.3, 0.4) is 0 Å². The molecule has 3 N–H and O–H groups in total. The van der Waals surface area contributed by atoms with Crippen molar-refractivity contribution >= 4 is 23.0 Å². The van der Waals surface area contributed by atoms with Crippen LogP contribution in [0.4, 0.5) is 5.69 Å². The molecule has 1 heterocycles. The summed E-state index contributed by atoms with van der Waals surface area (Å²) in [6.07, 6.45) is 0. The molecule has 5 heteroatoms. The van der Waals surface area contributed by atoms with E-state index in [0.29, 0.717) is 5.11 Å². The van der Waals surface area contributed by atoms with E-state index in [2.05, 4.69) is 22.3 Å². The van der Waals surface area contributed by atoms with E-state index in [1.165, 1.54) is 5.56 Å². The maximum absolute atomic E-state index is 5.45. The van der Waals surface area contributed by atoms with E-state index in [1.54, 1.807) is 0 Å². The van der Waals surface area contributed by atoms with E-state index in [9.17, 15) is 0 Å². The molecule has 1 aromatic carbocycles. The highest BCUT2D eigenvalue weighted by molar-refractivity contribution is 7.80. The van der Waals surface area contributed by atoms with E-state index in [1.807, 2.05) is 12.1 Å². The molecule has 0 spiro atoms. The van der Waals surface area contributed by atoms with Crippen molar-refractivity contribution in [3.05, 3.63) is 29.8 Å². The van der Waals surface area contributed by atoms with Gasteiger partial charge in [-0.3, -0.25) is 4.90 Å². The van der Waals surface area contributed by atoms with Crippen LogP contribution in [0.1, 0.15) is 5.56 Å². The summed E-state index contributed by atoms with van der Waals surface area (Å²) >= 11 is 4.82. The van der Waals surface area contributed by atoms with Crippen molar-refractivity contribution in [2.75, 3.05) is 31.6 Å². The SMILES string of the molecule is NC(=S)Nc1cccc(CN2CCOCC2)c1. The molecule has 1 aliphatic heterocycles. The maximum Gasteiger partial charge on any atom is 0.168 e. The maximum atomic E-state index is 5.45. The molecule has 1 aliphatic rings. The Morgan fingerprint density at radius 1 is 1.41 bits per heavy atom. The van der Waals surface area contributed by atoms with Crippen LogP contribution in [0.15, 0.2) is 24.3 Å². The minimum absolute atomic E-state index is 0.300. The lowest BCUT2D eigenvalue weighted by atomic mass is 10.2. The number of morpholine rings is 1. The molecule has 0 bridgehead atoms. The van der Waals surface area contributed by atoms with Crippen molar-refractivity contribution in [1.29, 1.82) is 0 Å². The van der Waals surface area contributed by atoms with E-state index in [0.717, 1.165) is 38.5 Å². The Balaban J connectivity index is 1.97. The molecule has 17 heavy (non-hydrogen) atoms. The van der Waals surface area contributed by atoms with Crippen molar-refractivity contribution in [3.8, 4) is 0 Å². The first-order chi connectivity index (χ1) is 8.24. The first-order valence-electron chi connectivity index (χ1n) is 5.69. The third-order valence-corrected chi connectivity index (χ3v) is 2.81. The molecule has 92 valence electrons. The fraction of sp³-hybridized carbons (Fsp3) is 0.417. The predicted molar refractivity (Wildman–Crippen MR) is 72.9 cm³/mol. The summed E-state index contributed by atoms with van der Waals surface area (Å²) in [6, 6.07) is 8.16. The third-order valence-electron chi connectivity index (χ3n) is 2.70. The molecule has 0 radical (unpaired) electrons. The molecule has 1 aromatic rings. The molecule has 0 saturated carbocycles. The number of nitrogens with zero attached hydrogens (tertiary/aromatic N) is 1. The van der Waals surface area contributed by atoms with Gasteiger partial charge in [0, 0.05) is 25.3 Å². The Bertz CT molecular complexity index is 391. The van der Waals surface area contributed by atoms with E-state index in [4.69, 9.17) is 22.7 Å². The van der Waals surface area contributed by atoms with E-state index < -0.39 is 0 Å². The molecule has 0 unspecified atom stereocenters. The zero-order valence-electron chi connectivity index (χ0n) is 9.69. The fourth-order valence-electron chi connectivity index (χ4n) is 1.91. The zero-order valence-corrected chi connectivity index (χ0v) is 10.5. The highest BCUT2D eigenvalue weighted by Crippen LogP contribution is 2.13. The Labute approximate surface area is 107 Å². The lowest BCUT2D eigenvalue weighted by molar-refractivity contribution is 0.0342. The second-order valence-electron chi connectivity index (χ2n) is 4.08. The average molecular weight is 251 g/mol. The van der Waals surface area contributed by atoms with Crippen LogP contribution < -0.4 is 11.1 Å². The summed E-state index contributed by atoms with van der Waals surface area (Å²) in [7, 11) is 0. The van der Waals surface area contributed by atoms with Gasteiger partial charge in [0.05, 0.1) is 13.2 Å². The minimum atomic E-state index is 0.300. The van der Waals surface area contributed by atoms with Crippen LogP contribution in [0, 0.1) is 0 Å². The molecule has 1 saturated heterocycles. The van der Waals surface area contributed by atoms with Gasteiger partial charge in [-0.05, 0) is 29.9 Å². The summed E-state index contributed by atoms with van der Waals surface area (Å²) in [5, 5.41) is 3.25. The number of hydrogen-bond acceptors (Lipinski definition) is 3. The van der Waals surface area contributed by atoms with Crippen LogP contribution in [0.2, 0.25) is 0 Å². The summed E-state index contributed by atoms with van der Waals surface area (Å²) in [5.41, 5.74) is 7.66. The molecular formula is C12H17N3OS. The second kappa shape index (κ2) is 5.95. The smallest absolute Gasteiger partial charge is 0.168 e. The average Bonchev–Trinajstić information content (AvgIpc) is 2.30. The topological polar surface area (TPSA) is 50.5 Å². The summed E-state index contributed by atoms with van der Waals surface area (Å²) in [5.74, 6) is 0. The Morgan fingerprint density at radius 2 is 2.18 bits per heavy atom. The molecule has 0 atom stereocenters. The first-order valence-corrected chi connectivity index (χ1v) is 6.10. The highest BCUT2D eigenvalue weighted by atomic mass is 32.1. The van der Waals surface area contributed by atoms with Gasteiger partial charge in [-0.15, -0.1) is 0 Å². The standard InChI is InChI=1S/C12H17N3OS/c13-12(17)14-11-3-1-2-10(8-11)9-15-4-6-16-7-5-15/h1-3,8H,4-7,9H2,(H3,13,14,17). The molecule has 0 amide bonds. The molecule has 2 rings (SSSR count). The van der Waals surface area contributed by atoms with Crippen molar-refractivity contribution in [2.24, 2.45) is 5.73 Å². The first kappa shape index (κ1) is 12.3. The number of nitrogens with two attached hydrogens (primary N) is 1. The zero-order chi connectivity index (χ0) is 12.1. The number of anilines is 1. The summed E-state index contributed by atoms with van der Waals surface area (Å²) in [4.78, 5) is 2.38. The van der Waals surface area contributed by atoms with Gasteiger partial charge in [-0.2, -0.15) is 0 Å². The largest absolute Gasteiger partial charge is 0.379 e. The van der Waals surface area contributed by atoms with Crippen molar-refractivity contribution < 1.29 is 4.74 Å². The lowest BCUT2D eigenvalue weighted by Crippen LogP contribution is -2.35. The second-order valence-corrected chi connectivity index (χ2v) is 4.52. The van der Waals surface area contributed by atoms with Gasteiger partial charge < -0.3 is 15.8 Å². The van der Waals surface area contributed by atoms with Gasteiger partial charge in [0.25, 0.3) is 0 Å². The van der Waals surface area contributed by atoms with Crippen molar-refractivity contribution in [3.63, 3.8) is 0 Å². The number of nitrogens with one attached hydrogen (secondary N) is 1. The Hall–Kier alpha value is -1.17. The van der Waals surface area contributed by atoms with E-state index in [-0.39, 0.29) is 0 Å². The number of benzene rings is 1. The molecule has 0 aliphatic carbocycles. The van der Waals surface area contributed by atoms with Gasteiger partial charge in [0.15, 0.2) is 5.11 Å². The molecule has 0 aromatic heterocycles. The van der Waals surface area contributed by atoms with Gasteiger partial charge in [-0.1, -0.05) is 12.1 Å². The summed E-state index contributed by atoms with van der Waals surface area (Å²) < 4.78 is 5.33. The van der Waals surface area contributed by atoms with Crippen LogP contribution in [0.25, 0.3) is 0 Å². The number of rotatable bonds is 3. The normalized spacial score (nSPS) is 16.7. The Kier molecular flexibility index (Phi) is 4.30. The number of hydrogen-bond donors (Lipinski definition) is 2. The van der Waals surface area contributed by atoms with Gasteiger partial charge >= 0.3 is 0 Å². The quantitative estimate of drug-likeness (QED) is 0.790. The van der Waals surface area contributed by atoms with Gasteiger partial charge in [0.2, 0.25) is 0 Å². The summed E-state index contributed by atoms with van der Waals surface area (Å²) in [6.45, 7) is 4.58. The lowest BCUT2D eigenvalue weighted by Gasteiger charge is -2.26. The minimum Gasteiger partial charge on any atom is -0.379 e. The van der Waals surface area contributed by atoms with Crippen LogP contribution >= 0.6 is 12.2 Å². The monoisotopic (exact) mass is 251 g/mol. The molecular weight excluding hydrogens is 234 g/mol. The number of thiocarbonyl (C=S) groups is 1. The highest BCUT2D eigenvalue weighted by Gasteiger charge is 2.10. The van der Waals surface area contributed by atoms with Crippen LogP contribution in [0.5, 0.6) is 0 Å². The molecule has 1 fully saturated rings. The number of ether oxygens (including phenoxy) is 1. The van der Waals surface area contributed by atoms with Crippen LogP contribution in [-0.4, -0.2) is 36.3 Å². The van der Waals surface area contributed by atoms with E-state index >= 15 is 0 Å². The third kappa shape index (κ3) is 3.96.